The van der Waals surface area contributed by atoms with Crippen molar-refractivity contribution in [2.24, 2.45) is 0 Å². The first-order chi connectivity index (χ1) is 9.24. The fraction of sp³-hybridized carbons (Fsp3) is 0.400. The summed E-state index contributed by atoms with van der Waals surface area (Å²) in [6.07, 6.45) is 2.50. The van der Waals surface area contributed by atoms with Gasteiger partial charge in [-0.2, -0.15) is 0 Å². The molecule has 0 amide bonds. The van der Waals surface area contributed by atoms with Gasteiger partial charge in [0.15, 0.2) is 0 Å². The van der Waals surface area contributed by atoms with Crippen molar-refractivity contribution in [1.82, 2.24) is 4.98 Å². The zero-order chi connectivity index (χ0) is 13.4. The number of hydrogen-bond donors (Lipinski definition) is 1. The molecule has 100 valence electrons. The Hall–Kier alpha value is -1.29. The number of rotatable bonds is 4. The maximum atomic E-state index is 5.46. The van der Waals surface area contributed by atoms with E-state index in [9.17, 15) is 0 Å². The largest absolute Gasteiger partial charge is 0.494 e. The smallest absolute Gasteiger partial charge is 0.145 e. The van der Waals surface area contributed by atoms with E-state index in [-0.39, 0.29) is 0 Å². The number of hydrogen-bond acceptors (Lipinski definition) is 3. The summed E-state index contributed by atoms with van der Waals surface area (Å²) in [7, 11) is 1.70. The Bertz CT molecular complexity index is 623. The minimum atomic E-state index is 0.630. The van der Waals surface area contributed by atoms with Crippen LogP contribution in [0.3, 0.4) is 0 Å². The SMILES string of the molecule is CCNc1cc(C2CC2)nc2c(OC)ccc(Br)c12. The van der Waals surface area contributed by atoms with Crippen LogP contribution in [0.1, 0.15) is 31.4 Å². The highest BCUT2D eigenvalue weighted by molar-refractivity contribution is 9.10. The van der Waals surface area contributed by atoms with Crippen LogP contribution in [0.5, 0.6) is 5.75 Å². The molecule has 0 atom stereocenters. The van der Waals surface area contributed by atoms with Gasteiger partial charge in [0, 0.05) is 33.7 Å². The van der Waals surface area contributed by atoms with E-state index in [0.717, 1.165) is 33.4 Å². The normalized spacial score (nSPS) is 14.7. The van der Waals surface area contributed by atoms with Crippen LogP contribution in [0, 0.1) is 0 Å². The second-order valence-corrected chi connectivity index (χ2v) is 5.73. The number of benzene rings is 1. The number of nitrogens with one attached hydrogen (secondary N) is 1. The van der Waals surface area contributed by atoms with Crippen LogP contribution in [-0.4, -0.2) is 18.6 Å². The lowest BCUT2D eigenvalue weighted by Gasteiger charge is -2.14. The van der Waals surface area contributed by atoms with Gasteiger partial charge in [0.1, 0.15) is 11.3 Å². The van der Waals surface area contributed by atoms with Crippen LogP contribution >= 0.6 is 15.9 Å². The highest BCUT2D eigenvalue weighted by Gasteiger charge is 2.26. The van der Waals surface area contributed by atoms with Gasteiger partial charge in [-0.25, -0.2) is 4.98 Å². The summed E-state index contributed by atoms with van der Waals surface area (Å²) in [5.74, 6) is 1.46. The number of methoxy groups -OCH3 is 1. The molecule has 0 saturated heterocycles. The fourth-order valence-corrected chi connectivity index (χ4v) is 2.91. The maximum Gasteiger partial charge on any atom is 0.145 e. The molecule has 1 fully saturated rings. The highest BCUT2D eigenvalue weighted by Crippen LogP contribution is 2.43. The van der Waals surface area contributed by atoms with Crippen LogP contribution < -0.4 is 10.1 Å². The summed E-state index contributed by atoms with van der Waals surface area (Å²) >= 11 is 3.62. The van der Waals surface area contributed by atoms with Crippen LogP contribution in [0.25, 0.3) is 10.9 Å². The Morgan fingerprint density at radius 1 is 1.42 bits per heavy atom. The number of ether oxygens (including phenoxy) is 1. The van der Waals surface area contributed by atoms with Crippen LogP contribution in [0.4, 0.5) is 5.69 Å². The summed E-state index contributed by atoms with van der Waals surface area (Å²) in [5, 5.41) is 4.54. The molecule has 1 saturated carbocycles. The van der Waals surface area contributed by atoms with E-state index < -0.39 is 0 Å². The summed E-state index contributed by atoms with van der Waals surface area (Å²) in [4.78, 5) is 4.82. The van der Waals surface area contributed by atoms with Gasteiger partial charge in [-0.1, -0.05) is 15.9 Å². The Balaban J connectivity index is 2.29. The van der Waals surface area contributed by atoms with Gasteiger partial charge < -0.3 is 10.1 Å². The Kier molecular flexibility index (Phi) is 3.35. The van der Waals surface area contributed by atoms with Crippen molar-refractivity contribution in [2.45, 2.75) is 25.7 Å². The maximum absolute atomic E-state index is 5.46. The predicted molar refractivity (Wildman–Crippen MR) is 82.1 cm³/mol. The molecule has 3 nitrogen and oxygen atoms in total. The molecule has 1 N–H and O–H groups in total. The average Bonchev–Trinajstić information content (AvgIpc) is 3.23. The molecule has 3 rings (SSSR count). The molecule has 0 aliphatic heterocycles. The first kappa shape index (κ1) is 12.7. The third-order valence-corrected chi connectivity index (χ3v) is 4.14. The topological polar surface area (TPSA) is 34.2 Å². The quantitative estimate of drug-likeness (QED) is 0.911. The van der Waals surface area contributed by atoms with Crippen molar-refractivity contribution >= 4 is 32.5 Å². The molecule has 1 aromatic carbocycles. The van der Waals surface area contributed by atoms with Gasteiger partial charge in [0.25, 0.3) is 0 Å². The second kappa shape index (κ2) is 5.00. The average molecular weight is 321 g/mol. The van der Waals surface area contributed by atoms with Crippen LogP contribution in [0.2, 0.25) is 0 Å². The third-order valence-electron chi connectivity index (χ3n) is 3.48. The van der Waals surface area contributed by atoms with Crippen LogP contribution in [0.15, 0.2) is 22.7 Å². The van der Waals surface area contributed by atoms with Gasteiger partial charge in [0.05, 0.1) is 7.11 Å². The van der Waals surface area contributed by atoms with E-state index in [2.05, 4.69) is 34.2 Å². The third kappa shape index (κ3) is 2.29. The Labute approximate surface area is 121 Å². The first-order valence-electron chi connectivity index (χ1n) is 6.65. The number of pyridine rings is 1. The molecule has 1 aliphatic rings. The number of fused-ring (bicyclic) bond motifs is 1. The predicted octanol–water partition coefficient (Wildman–Crippen LogP) is 4.32. The molecule has 0 spiro atoms. The molecular weight excluding hydrogens is 304 g/mol. The molecule has 0 bridgehead atoms. The minimum Gasteiger partial charge on any atom is -0.494 e. The molecule has 19 heavy (non-hydrogen) atoms. The summed E-state index contributed by atoms with van der Waals surface area (Å²) in [6, 6.07) is 6.17. The van der Waals surface area contributed by atoms with Crippen molar-refractivity contribution in [3.8, 4) is 5.75 Å². The summed E-state index contributed by atoms with van der Waals surface area (Å²) < 4.78 is 6.51. The molecule has 2 aromatic rings. The van der Waals surface area contributed by atoms with E-state index in [1.807, 2.05) is 12.1 Å². The molecule has 0 radical (unpaired) electrons. The van der Waals surface area contributed by atoms with Crippen LogP contribution in [-0.2, 0) is 0 Å². The van der Waals surface area contributed by atoms with E-state index in [4.69, 9.17) is 9.72 Å². The molecular formula is C15H17BrN2O. The lowest BCUT2D eigenvalue weighted by molar-refractivity contribution is 0.418. The number of nitrogens with zero attached hydrogens (tertiary/aromatic N) is 1. The lowest BCUT2D eigenvalue weighted by atomic mass is 10.1. The zero-order valence-corrected chi connectivity index (χ0v) is 12.8. The van der Waals surface area contributed by atoms with Gasteiger partial charge in [-0.15, -0.1) is 0 Å². The molecule has 1 heterocycles. The molecule has 1 aliphatic carbocycles. The molecule has 0 unspecified atom stereocenters. The van der Waals surface area contributed by atoms with E-state index >= 15 is 0 Å². The van der Waals surface area contributed by atoms with E-state index in [0.29, 0.717) is 5.92 Å². The van der Waals surface area contributed by atoms with Gasteiger partial charge in [0.2, 0.25) is 0 Å². The fourth-order valence-electron chi connectivity index (χ4n) is 2.38. The van der Waals surface area contributed by atoms with E-state index in [1.54, 1.807) is 7.11 Å². The monoisotopic (exact) mass is 320 g/mol. The van der Waals surface area contributed by atoms with Crippen molar-refractivity contribution in [3.63, 3.8) is 0 Å². The van der Waals surface area contributed by atoms with Gasteiger partial charge in [-0.05, 0) is 38.0 Å². The van der Waals surface area contributed by atoms with E-state index in [1.165, 1.54) is 18.5 Å². The second-order valence-electron chi connectivity index (χ2n) is 4.87. The van der Waals surface area contributed by atoms with Crippen molar-refractivity contribution < 1.29 is 4.74 Å². The summed E-state index contributed by atoms with van der Waals surface area (Å²) in [6.45, 7) is 3.00. The number of aromatic nitrogens is 1. The van der Waals surface area contributed by atoms with Crippen molar-refractivity contribution in [2.75, 3.05) is 19.0 Å². The standard InChI is InChI=1S/C15H17BrN2O/c1-3-17-12-8-11(9-4-5-9)18-15-13(19-2)7-6-10(16)14(12)15/h6-9H,3-5H2,1-2H3,(H,17,18). The van der Waals surface area contributed by atoms with Gasteiger partial charge >= 0.3 is 0 Å². The van der Waals surface area contributed by atoms with Crippen molar-refractivity contribution in [3.05, 3.63) is 28.4 Å². The summed E-state index contributed by atoms with van der Waals surface area (Å²) in [5.41, 5.74) is 3.26. The minimum absolute atomic E-state index is 0.630. The zero-order valence-electron chi connectivity index (χ0n) is 11.2. The lowest BCUT2D eigenvalue weighted by Crippen LogP contribution is -2.01. The number of halogens is 1. The molecule has 4 heteroatoms. The van der Waals surface area contributed by atoms with Crippen molar-refractivity contribution in [1.29, 1.82) is 0 Å². The molecule has 1 aromatic heterocycles. The highest BCUT2D eigenvalue weighted by atomic mass is 79.9. The Morgan fingerprint density at radius 3 is 2.84 bits per heavy atom. The first-order valence-corrected chi connectivity index (χ1v) is 7.45. The van der Waals surface area contributed by atoms with Gasteiger partial charge in [-0.3, -0.25) is 0 Å². The Morgan fingerprint density at radius 2 is 2.21 bits per heavy atom. The number of anilines is 1.